The molecule has 1 heterocycles. The summed E-state index contributed by atoms with van der Waals surface area (Å²) in [7, 11) is 0. The number of nitrogens with zero attached hydrogens (tertiary/aromatic N) is 2. The van der Waals surface area contributed by atoms with Gasteiger partial charge in [0.2, 0.25) is 0 Å². The molecule has 3 N–H and O–H groups in total. The van der Waals surface area contributed by atoms with Crippen LogP contribution >= 0.6 is 35.2 Å². The molecule has 1 aromatic carbocycles. The molecule has 5 nitrogen and oxygen atoms in total. The molecule has 0 bridgehead atoms. The smallest absolute Gasteiger partial charge is 0.189 e. The third-order valence-electron chi connectivity index (χ3n) is 2.60. The van der Waals surface area contributed by atoms with Gasteiger partial charge in [-0.05, 0) is 38.2 Å². The van der Waals surface area contributed by atoms with Gasteiger partial charge in [-0.3, -0.25) is 5.43 Å². The molecule has 2 rings (SSSR count). The Kier molecular flexibility index (Phi) is 6.11. The van der Waals surface area contributed by atoms with Gasteiger partial charge in [0.15, 0.2) is 15.4 Å². The highest BCUT2D eigenvalue weighted by atomic mass is 35.5. The number of aromatic nitrogens is 1. The SMILES string of the molecule is CCNC(=S)N/N=C/c1sc(Nc2ccc(C)cc2)nc1Cl. The van der Waals surface area contributed by atoms with Crippen LogP contribution in [0, 0.1) is 6.92 Å². The van der Waals surface area contributed by atoms with Crippen LogP contribution in [0.2, 0.25) is 5.15 Å². The number of hydrazone groups is 1. The van der Waals surface area contributed by atoms with Crippen LogP contribution in [0.5, 0.6) is 0 Å². The minimum atomic E-state index is 0.402. The normalized spacial score (nSPS) is 10.7. The Labute approximate surface area is 143 Å². The van der Waals surface area contributed by atoms with E-state index in [-0.39, 0.29) is 0 Å². The summed E-state index contributed by atoms with van der Waals surface area (Å²) in [4.78, 5) is 5.02. The molecule has 22 heavy (non-hydrogen) atoms. The maximum atomic E-state index is 6.10. The van der Waals surface area contributed by atoms with E-state index in [2.05, 4.69) is 26.1 Å². The van der Waals surface area contributed by atoms with Gasteiger partial charge in [0, 0.05) is 12.2 Å². The lowest BCUT2D eigenvalue weighted by Crippen LogP contribution is -2.31. The summed E-state index contributed by atoms with van der Waals surface area (Å²) in [5.41, 5.74) is 4.88. The number of hydrogen-bond acceptors (Lipinski definition) is 5. The fourth-order valence-electron chi connectivity index (χ4n) is 1.56. The van der Waals surface area contributed by atoms with Crippen LogP contribution in [-0.2, 0) is 0 Å². The molecule has 0 amide bonds. The summed E-state index contributed by atoms with van der Waals surface area (Å²) in [6.07, 6.45) is 1.60. The fourth-order valence-corrected chi connectivity index (χ4v) is 2.80. The summed E-state index contributed by atoms with van der Waals surface area (Å²) >= 11 is 12.5. The van der Waals surface area contributed by atoms with Crippen LogP contribution in [0.25, 0.3) is 0 Å². The van der Waals surface area contributed by atoms with E-state index in [1.165, 1.54) is 16.9 Å². The molecule has 0 atom stereocenters. The first-order chi connectivity index (χ1) is 10.6. The first-order valence-electron chi connectivity index (χ1n) is 6.65. The monoisotopic (exact) mass is 353 g/mol. The Morgan fingerprint density at radius 1 is 1.41 bits per heavy atom. The number of halogens is 1. The minimum absolute atomic E-state index is 0.402. The Balaban J connectivity index is 2.00. The molecule has 0 unspecified atom stereocenters. The molecule has 0 fully saturated rings. The average Bonchev–Trinajstić information content (AvgIpc) is 2.82. The topological polar surface area (TPSA) is 61.3 Å². The molecule has 0 aliphatic rings. The lowest BCUT2D eigenvalue weighted by molar-refractivity contribution is 0.904. The summed E-state index contributed by atoms with van der Waals surface area (Å²) in [5, 5.41) is 11.8. The van der Waals surface area contributed by atoms with E-state index in [0.29, 0.717) is 15.4 Å². The Bertz CT molecular complexity index is 666. The standard InChI is InChI=1S/C14H16ClN5S2/c1-3-16-13(21)20-17-8-11-12(15)19-14(22-11)18-10-6-4-9(2)5-7-10/h4-8H,3H2,1-2H3,(H,18,19)(H2,16,20,21)/b17-8+. The highest BCUT2D eigenvalue weighted by Gasteiger charge is 2.07. The van der Waals surface area contributed by atoms with Crippen LogP contribution in [0.1, 0.15) is 17.4 Å². The molecule has 0 saturated carbocycles. The van der Waals surface area contributed by atoms with Crippen molar-refractivity contribution in [3.63, 3.8) is 0 Å². The fraction of sp³-hybridized carbons (Fsp3) is 0.214. The maximum Gasteiger partial charge on any atom is 0.189 e. The molecule has 0 spiro atoms. The summed E-state index contributed by atoms with van der Waals surface area (Å²) < 4.78 is 0. The first-order valence-corrected chi connectivity index (χ1v) is 8.25. The highest BCUT2D eigenvalue weighted by Crippen LogP contribution is 2.27. The molecule has 8 heteroatoms. The predicted octanol–water partition coefficient (Wildman–Crippen LogP) is 3.67. The number of aryl methyl sites for hydroxylation is 1. The van der Waals surface area contributed by atoms with Gasteiger partial charge >= 0.3 is 0 Å². The van der Waals surface area contributed by atoms with Crippen LogP contribution < -0.4 is 16.1 Å². The van der Waals surface area contributed by atoms with Crippen molar-refractivity contribution in [1.82, 2.24) is 15.7 Å². The predicted molar refractivity (Wildman–Crippen MR) is 98.6 cm³/mol. The van der Waals surface area contributed by atoms with Crippen LogP contribution in [0.4, 0.5) is 10.8 Å². The van der Waals surface area contributed by atoms with Crippen LogP contribution in [0.15, 0.2) is 29.4 Å². The number of thiazole rings is 1. The third kappa shape index (κ3) is 4.94. The summed E-state index contributed by atoms with van der Waals surface area (Å²) in [6.45, 7) is 4.75. The van der Waals surface area contributed by atoms with Crippen LogP contribution in [-0.4, -0.2) is 22.9 Å². The number of benzene rings is 1. The van der Waals surface area contributed by atoms with E-state index in [1.54, 1.807) is 6.21 Å². The summed E-state index contributed by atoms with van der Waals surface area (Å²) in [6, 6.07) is 8.06. The number of nitrogens with one attached hydrogen (secondary N) is 3. The zero-order chi connectivity index (χ0) is 15.9. The van der Waals surface area contributed by atoms with E-state index in [1.807, 2.05) is 38.1 Å². The number of thiocarbonyl (C=S) groups is 1. The highest BCUT2D eigenvalue weighted by molar-refractivity contribution is 7.80. The molecule has 0 radical (unpaired) electrons. The largest absolute Gasteiger partial charge is 0.362 e. The first kappa shape index (κ1) is 16.7. The van der Waals surface area contributed by atoms with Crippen molar-refractivity contribution in [2.45, 2.75) is 13.8 Å². The lowest BCUT2D eigenvalue weighted by atomic mass is 10.2. The van der Waals surface area contributed by atoms with Gasteiger partial charge in [0.25, 0.3) is 0 Å². The molecule has 0 aliphatic carbocycles. The second kappa shape index (κ2) is 8.07. The lowest BCUT2D eigenvalue weighted by Gasteiger charge is -2.02. The molecule has 116 valence electrons. The van der Waals surface area contributed by atoms with E-state index in [4.69, 9.17) is 23.8 Å². The molecule has 2 aromatic rings. The quantitative estimate of drug-likeness (QED) is 0.435. The van der Waals surface area contributed by atoms with E-state index >= 15 is 0 Å². The van der Waals surface area contributed by atoms with Gasteiger partial charge in [-0.25, -0.2) is 4.98 Å². The van der Waals surface area contributed by atoms with Crippen molar-refractivity contribution in [3.8, 4) is 0 Å². The van der Waals surface area contributed by atoms with Gasteiger partial charge in [-0.2, -0.15) is 5.10 Å². The van der Waals surface area contributed by atoms with Gasteiger partial charge in [0.1, 0.15) is 0 Å². The van der Waals surface area contributed by atoms with E-state index in [0.717, 1.165) is 17.1 Å². The maximum absolute atomic E-state index is 6.10. The minimum Gasteiger partial charge on any atom is -0.362 e. The molecule has 0 saturated heterocycles. The zero-order valence-electron chi connectivity index (χ0n) is 12.2. The molecular weight excluding hydrogens is 338 g/mol. The van der Waals surface area contributed by atoms with Crippen molar-refractivity contribution in [2.75, 3.05) is 11.9 Å². The third-order valence-corrected chi connectivity index (χ3v) is 4.14. The average molecular weight is 354 g/mol. The van der Waals surface area contributed by atoms with Gasteiger partial charge in [0.05, 0.1) is 11.1 Å². The van der Waals surface area contributed by atoms with Crippen molar-refractivity contribution in [3.05, 3.63) is 39.9 Å². The van der Waals surface area contributed by atoms with Gasteiger partial charge < -0.3 is 10.6 Å². The van der Waals surface area contributed by atoms with Gasteiger partial charge in [-0.15, -0.1) is 0 Å². The van der Waals surface area contributed by atoms with Crippen molar-refractivity contribution >= 4 is 57.3 Å². The Morgan fingerprint density at radius 2 is 2.14 bits per heavy atom. The number of hydrogen-bond donors (Lipinski definition) is 3. The molecular formula is C14H16ClN5S2. The Morgan fingerprint density at radius 3 is 2.82 bits per heavy atom. The van der Waals surface area contributed by atoms with Crippen molar-refractivity contribution in [1.29, 1.82) is 0 Å². The van der Waals surface area contributed by atoms with Crippen molar-refractivity contribution in [2.24, 2.45) is 5.10 Å². The molecule has 0 aliphatic heterocycles. The summed E-state index contributed by atoms with van der Waals surface area (Å²) in [5.74, 6) is 0. The second-order valence-electron chi connectivity index (χ2n) is 4.39. The van der Waals surface area contributed by atoms with E-state index in [9.17, 15) is 0 Å². The van der Waals surface area contributed by atoms with Crippen LogP contribution in [0.3, 0.4) is 0 Å². The second-order valence-corrected chi connectivity index (χ2v) is 6.19. The van der Waals surface area contributed by atoms with Gasteiger partial charge in [-0.1, -0.05) is 40.6 Å². The van der Waals surface area contributed by atoms with E-state index < -0.39 is 0 Å². The molecule has 1 aromatic heterocycles. The number of rotatable bonds is 5. The zero-order valence-corrected chi connectivity index (χ0v) is 14.6. The van der Waals surface area contributed by atoms with Crippen molar-refractivity contribution < 1.29 is 0 Å². The number of anilines is 2. The Hall–Kier alpha value is -1.70.